The van der Waals surface area contributed by atoms with E-state index in [2.05, 4.69) is 9.80 Å². The second-order valence-electron chi connectivity index (χ2n) is 1.34. The average molecular weight is 137 g/mol. The Balaban J connectivity index is 0.000000291. The first kappa shape index (κ1) is 8.91. The van der Waals surface area contributed by atoms with Gasteiger partial charge in [-0.15, -0.1) is 0 Å². The van der Waals surface area contributed by atoms with E-state index in [9.17, 15) is 0 Å². The molecular weight excluding hydrogens is 130 g/mol. The topological polar surface area (TPSA) is 20.2 Å². The Bertz CT molecular complexity index is 143. The van der Waals surface area contributed by atoms with Crippen molar-refractivity contribution < 1.29 is 5.11 Å². The maximum atomic E-state index is 8.63. The molecule has 0 aromatic heterocycles. The van der Waals surface area contributed by atoms with E-state index in [-0.39, 0.29) is 0 Å². The summed E-state index contributed by atoms with van der Waals surface area (Å²) in [6.45, 7) is 0. The molecule has 9 heavy (non-hydrogen) atoms. The van der Waals surface area contributed by atoms with Gasteiger partial charge in [-0.3, -0.25) is 0 Å². The van der Waals surface area contributed by atoms with E-state index in [1.165, 1.54) is 16.7 Å². The minimum atomic E-state index is 0.322. The van der Waals surface area contributed by atoms with Crippen molar-refractivity contribution in [1.29, 1.82) is 0 Å². The minimum absolute atomic E-state index is 0.322. The summed E-state index contributed by atoms with van der Waals surface area (Å²) in [6, 6.07) is 8.71. The summed E-state index contributed by atoms with van der Waals surface area (Å²) in [5.41, 5.74) is 0. The molecule has 1 N–H and O–H groups in total. The van der Waals surface area contributed by atoms with Crippen LogP contribution >= 0.6 is 9.80 Å². The molecule has 3 heteroatoms. The molecule has 1 aromatic carbocycles. The zero-order valence-corrected chi connectivity index (χ0v) is 5.97. The summed E-state index contributed by atoms with van der Waals surface area (Å²) >= 11 is 1.47. The quantitative estimate of drug-likeness (QED) is 0.539. The molecule has 0 saturated carbocycles. The molecule has 0 saturated heterocycles. The molecule has 0 aliphatic heterocycles. The normalized spacial score (nSPS) is 7.44. The van der Waals surface area contributed by atoms with Crippen LogP contribution in [-0.4, -0.2) is 21.9 Å². The molecule has 1 aromatic rings. The number of hydrogen-bond acceptors (Lipinski definition) is 1. The van der Waals surface area contributed by atoms with Crippen LogP contribution in [0.5, 0.6) is 5.75 Å². The molecule has 0 fully saturated rings. The van der Waals surface area contributed by atoms with Crippen LogP contribution in [-0.2, 0) is 0 Å². The molecule has 0 aliphatic carbocycles. The fraction of sp³-hybridized carbons (Fsp3) is 0. The molecule has 0 atom stereocenters. The van der Waals surface area contributed by atoms with E-state index in [0.29, 0.717) is 5.75 Å². The Morgan fingerprint density at radius 1 is 1.11 bits per heavy atom. The van der Waals surface area contributed by atoms with Crippen LogP contribution in [0.2, 0.25) is 0 Å². The predicted molar refractivity (Wildman–Crippen MR) is 39.7 cm³/mol. The van der Waals surface area contributed by atoms with Crippen molar-refractivity contribution in [1.82, 2.24) is 0 Å². The van der Waals surface area contributed by atoms with Crippen LogP contribution in [0.3, 0.4) is 0 Å². The van der Waals surface area contributed by atoms with Crippen molar-refractivity contribution in [2.75, 3.05) is 0 Å². The molecule has 0 heterocycles. The summed E-state index contributed by atoms with van der Waals surface area (Å²) in [4.78, 5) is 0. The second kappa shape index (κ2) is 6.03. The van der Waals surface area contributed by atoms with Gasteiger partial charge in [0.15, 0.2) is 0 Å². The van der Waals surface area contributed by atoms with Gasteiger partial charge in [-0.2, -0.15) is 0 Å². The van der Waals surface area contributed by atoms with E-state index >= 15 is 0 Å². The number of benzene rings is 1. The number of para-hydroxylation sites is 1. The van der Waals surface area contributed by atoms with Gasteiger partial charge in [0.1, 0.15) is 5.75 Å². The molecule has 0 spiro atoms. The Morgan fingerprint density at radius 2 is 1.56 bits per heavy atom. The SMILES string of the molecule is Oc1ccccc1.[Li][Cl]. The van der Waals surface area contributed by atoms with E-state index in [0.717, 1.165) is 0 Å². The maximum absolute atomic E-state index is 8.63. The van der Waals surface area contributed by atoms with Crippen LogP contribution in [0.1, 0.15) is 0 Å². The van der Waals surface area contributed by atoms with Crippen molar-refractivity contribution in [2.24, 2.45) is 0 Å². The Kier molecular flexibility index (Phi) is 5.97. The van der Waals surface area contributed by atoms with Gasteiger partial charge in [0.2, 0.25) is 0 Å². The van der Waals surface area contributed by atoms with Crippen molar-refractivity contribution in [2.45, 2.75) is 0 Å². The predicted octanol–water partition coefficient (Wildman–Crippen LogP) is 1.70. The van der Waals surface area contributed by atoms with Crippen LogP contribution in [0.4, 0.5) is 0 Å². The summed E-state index contributed by atoms with van der Waals surface area (Å²) in [7, 11) is 4.64. The van der Waals surface area contributed by atoms with Crippen LogP contribution < -0.4 is 0 Å². The number of phenols is 1. The van der Waals surface area contributed by atoms with Gasteiger partial charge in [0, 0.05) is 0 Å². The Hall–Kier alpha value is -0.0926. The van der Waals surface area contributed by atoms with Gasteiger partial charge < -0.3 is 5.11 Å². The zero-order valence-electron chi connectivity index (χ0n) is 5.21. The van der Waals surface area contributed by atoms with Gasteiger partial charge in [-0.05, 0) is 12.1 Å². The van der Waals surface area contributed by atoms with Gasteiger partial charge in [0.25, 0.3) is 0 Å². The van der Waals surface area contributed by atoms with Gasteiger partial charge in [-0.1, -0.05) is 18.2 Å². The third kappa shape index (κ3) is 4.41. The summed E-state index contributed by atoms with van der Waals surface area (Å²) in [6.07, 6.45) is 0. The number of hydrogen-bond donors (Lipinski definition) is 1. The van der Waals surface area contributed by atoms with Crippen molar-refractivity contribution in [3.8, 4) is 5.75 Å². The Morgan fingerprint density at radius 3 is 1.78 bits per heavy atom. The first-order valence-electron chi connectivity index (χ1n) is 2.51. The van der Waals surface area contributed by atoms with Crippen molar-refractivity contribution >= 4 is 26.5 Å². The summed E-state index contributed by atoms with van der Waals surface area (Å²) < 4.78 is 0. The van der Waals surface area contributed by atoms with E-state index in [4.69, 9.17) is 5.11 Å². The third-order valence-electron chi connectivity index (χ3n) is 0.756. The van der Waals surface area contributed by atoms with Gasteiger partial charge >= 0.3 is 26.5 Å². The van der Waals surface area contributed by atoms with E-state index in [1.807, 2.05) is 6.07 Å². The Labute approximate surface area is 67.9 Å². The third-order valence-corrected chi connectivity index (χ3v) is 0.756. The average Bonchev–Trinajstić information content (AvgIpc) is 1.94. The molecule has 0 bridgehead atoms. The number of rotatable bonds is 0. The monoisotopic (exact) mass is 136 g/mol. The number of aromatic hydroxyl groups is 1. The van der Waals surface area contributed by atoms with Crippen molar-refractivity contribution in [3.63, 3.8) is 0 Å². The van der Waals surface area contributed by atoms with Crippen LogP contribution in [0, 0.1) is 0 Å². The molecule has 1 nitrogen and oxygen atoms in total. The fourth-order valence-corrected chi connectivity index (χ4v) is 0.428. The molecule has 1 rings (SSSR count). The first-order valence-corrected chi connectivity index (χ1v) is 3.27. The zero-order chi connectivity index (χ0) is 7.11. The first-order chi connectivity index (χ1) is 4.39. The van der Waals surface area contributed by atoms with E-state index < -0.39 is 0 Å². The van der Waals surface area contributed by atoms with Crippen LogP contribution in [0.25, 0.3) is 0 Å². The number of phenolic OH excluding ortho intramolecular Hbond substituents is 1. The summed E-state index contributed by atoms with van der Waals surface area (Å²) in [5, 5.41) is 8.63. The van der Waals surface area contributed by atoms with Crippen molar-refractivity contribution in [3.05, 3.63) is 30.3 Å². The van der Waals surface area contributed by atoms with Crippen LogP contribution in [0.15, 0.2) is 30.3 Å². The molecule has 0 amide bonds. The number of halogens is 1. The fourth-order valence-electron chi connectivity index (χ4n) is 0.428. The molecular formula is C6H6ClLiO. The van der Waals surface area contributed by atoms with Gasteiger partial charge in [0.05, 0.1) is 0 Å². The van der Waals surface area contributed by atoms with Gasteiger partial charge in [-0.25, -0.2) is 0 Å². The van der Waals surface area contributed by atoms with E-state index in [1.54, 1.807) is 24.3 Å². The molecule has 0 unspecified atom stereocenters. The summed E-state index contributed by atoms with van der Waals surface area (Å²) in [5.74, 6) is 0.322. The standard InChI is InChI=1S/C6H6O.ClH.Li/c7-6-4-2-1-3-5-6;;/h1-5,7H;1H;/q;;+1/p-1. The molecule has 0 aliphatic rings. The molecule has 44 valence electrons. The molecule has 0 radical (unpaired) electrons. The second-order valence-corrected chi connectivity index (χ2v) is 1.34.